The normalized spacial score (nSPS) is 12.9. The monoisotopic (exact) mass is 324 g/mol. The molecule has 1 aromatic heterocycles. The van der Waals surface area contributed by atoms with Crippen LogP contribution in [0.3, 0.4) is 0 Å². The van der Waals surface area contributed by atoms with Crippen LogP contribution in [0.1, 0.15) is 41.9 Å². The minimum atomic E-state index is -0.420. The summed E-state index contributed by atoms with van der Waals surface area (Å²) < 4.78 is 1.11. The van der Waals surface area contributed by atoms with Crippen molar-refractivity contribution in [3.05, 3.63) is 56.2 Å². The molecule has 0 saturated heterocycles. The van der Waals surface area contributed by atoms with Crippen molar-refractivity contribution in [2.75, 3.05) is 0 Å². The number of benzene rings is 1. The smallest absolute Gasteiger partial charge is 0.0838 e. The molecule has 2 rings (SSSR count). The van der Waals surface area contributed by atoms with E-state index in [4.69, 9.17) is 0 Å². The van der Waals surface area contributed by atoms with E-state index in [2.05, 4.69) is 48.0 Å². The molecule has 0 saturated carbocycles. The standard InChI is InChI=1S/C15H17BrOS/c1-10(2)11-3-5-12(6-4-11)14(17)9-13-7-8-15(16)18-13/h3-8,10,14,17H,9H2,1-2H3. The topological polar surface area (TPSA) is 20.2 Å². The average molecular weight is 325 g/mol. The predicted octanol–water partition coefficient (Wildman–Crippen LogP) is 4.91. The van der Waals surface area contributed by atoms with Crippen LogP contribution in [0.2, 0.25) is 0 Å². The Hall–Kier alpha value is -0.640. The first-order valence-electron chi connectivity index (χ1n) is 6.08. The Morgan fingerprint density at radius 3 is 2.17 bits per heavy atom. The zero-order chi connectivity index (χ0) is 13.1. The van der Waals surface area contributed by atoms with Gasteiger partial charge in [0.05, 0.1) is 9.89 Å². The fourth-order valence-corrected chi connectivity index (χ4v) is 3.39. The molecule has 0 bridgehead atoms. The Bertz CT molecular complexity index is 501. The molecule has 1 heterocycles. The van der Waals surface area contributed by atoms with Crippen LogP contribution in [0, 0.1) is 0 Å². The van der Waals surface area contributed by atoms with Crippen molar-refractivity contribution in [1.82, 2.24) is 0 Å². The average Bonchev–Trinajstić information content (AvgIpc) is 2.75. The number of hydrogen-bond acceptors (Lipinski definition) is 2. The van der Waals surface area contributed by atoms with Gasteiger partial charge in [0.15, 0.2) is 0 Å². The second-order valence-electron chi connectivity index (χ2n) is 4.75. The van der Waals surface area contributed by atoms with Crippen LogP contribution in [0.4, 0.5) is 0 Å². The number of halogens is 1. The lowest BCUT2D eigenvalue weighted by atomic mass is 9.99. The van der Waals surface area contributed by atoms with Crippen LogP contribution in [-0.2, 0) is 6.42 Å². The Balaban J connectivity index is 2.06. The van der Waals surface area contributed by atoms with E-state index in [0.29, 0.717) is 12.3 Å². The predicted molar refractivity (Wildman–Crippen MR) is 81.2 cm³/mol. The summed E-state index contributed by atoms with van der Waals surface area (Å²) in [7, 11) is 0. The SMILES string of the molecule is CC(C)c1ccc(C(O)Cc2ccc(Br)s2)cc1. The second-order valence-corrected chi connectivity index (χ2v) is 7.29. The molecule has 0 aliphatic carbocycles. The lowest BCUT2D eigenvalue weighted by molar-refractivity contribution is 0.179. The van der Waals surface area contributed by atoms with Crippen molar-refractivity contribution in [2.45, 2.75) is 32.3 Å². The maximum absolute atomic E-state index is 10.2. The zero-order valence-corrected chi connectivity index (χ0v) is 13.0. The summed E-state index contributed by atoms with van der Waals surface area (Å²) >= 11 is 5.12. The van der Waals surface area contributed by atoms with Crippen molar-refractivity contribution in [3.8, 4) is 0 Å². The number of hydrogen-bond donors (Lipinski definition) is 1. The maximum atomic E-state index is 10.2. The van der Waals surface area contributed by atoms with Crippen LogP contribution in [0.5, 0.6) is 0 Å². The van der Waals surface area contributed by atoms with E-state index in [-0.39, 0.29) is 0 Å². The third-order valence-corrected chi connectivity index (χ3v) is 4.66. The first-order valence-corrected chi connectivity index (χ1v) is 7.69. The molecule has 0 spiro atoms. The minimum Gasteiger partial charge on any atom is -0.388 e. The number of aliphatic hydroxyl groups is 1. The third-order valence-electron chi connectivity index (χ3n) is 3.01. The molecule has 96 valence electrons. The van der Waals surface area contributed by atoms with Crippen LogP contribution in [0.25, 0.3) is 0 Å². The number of aliphatic hydroxyl groups excluding tert-OH is 1. The quantitative estimate of drug-likeness (QED) is 0.847. The van der Waals surface area contributed by atoms with Gasteiger partial charge in [0.2, 0.25) is 0 Å². The summed E-state index contributed by atoms with van der Waals surface area (Å²) in [6, 6.07) is 12.3. The first-order chi connectivity index (χ1) is 8.56. The molecular weight excluding hydrogens is 308 g/mol. The lowest BCUT2D eigenvalue weighted by Gasteiger charge is -2.11. The molecule has 0 aliphatic heterocycles. The molecule has 0 aliphatic rings. The van der Waals surface area contributed by atoms with Crippen LogP contribution < -0.4 is 0 Å². The van der Waals surface area contributed by atoms with Gasteiger partial charge < -0.3 is 5.11 Å². The van der Waals surface area contributed by atoms with Gasteiger partial charge in [-0.15, -0.1) is 11.3 Å². The van der Waals surface area contributed by atoms with E-state index in [1.807, 2.05) is 18.2 Å². The van der Waals surface area contributed by atoms with Crippen molar-refractivity contribution in [1.29, 1.82) is 0 Å². The molecule has 2 aromatic rings. The summed E-state index contributed by atoms with van der Waals surface area (Å²) in [4.78, 5) is 1.20. The Labute approximate surface area is 121 Å². The summed E-state index contributed by atoms with van der Waals surface area (Å²) in [6.07, 6.45) is 0.258. The van der Waals surface area contributed by atoms with Gasteiger partial charge >= 0.3 is 0 Å². The molecule has 0 amide bonds. The Kier molecular flexibility index (Phi) is 4.60. The molecule has 1 nitrogen and oxygen atoms in total. The number of thiophene rings is 1. The highest BCUT2D eigenvalue weighted by Gasteiger charge is 2.10. The molecule has 1 aromatic carbocycles. The molecule has 0 fully saturated rings. The minimum absolute atomic E-state index is 0.420. The van der Waals surface area contributed by atoms with Gasteiger partial charge in [0, 0.05) is 11.3 Å². The number of rotatable bonds is 4. The van der Waals surface area contributed by atoms with Gasteiger partial charge in [-0.25, -0.2) is 0 Å². The van der Waals surface area contributed by atoms with E-state index in [9.17, 15) is 5.11 Å². The molecule has 1 N–H and O–H groups in total. The molecular formula is C15H17BrOS. The highest BCUT2D eigenvalue weighted by Crippen LogP contribution is 2.27. The molecule has 0 radical (unpaired) electrons. The van der Waals surface area contributed by atoms with Gasteiger partial charge in [0.1, 0.15) is 0 Å². The van der Waals surface area contributed by atoms with Crippen molar-refractivity contribution >= 4 is 27.3 Å². The molecule has 1 unspecified atom stereocenters. The second kappa shape index (κ2) is 6.00. The third kappa shape index (κ3) is 3.44. The lowest BCUT2D eigenvalue weighted by Crippen LogP contribution is -2.00. The van der Waals surface area contributed by atoms with E-state index >= 15 is 0 Å². The fraction of sp³-hybridized carbons (Fsp3) is 0.333. The van der Waals surface area contributed by atoms with E-state index < -0.39 is 6.10 Å². The molecule has 1 atom stereocenters. The van der Waals surface area contributed by atoms with Gasteiger partial charge in [0.25, 0.3) is 0 Å². The summed E-state index contributed by atoms with van der Waals surface area (Å²) in [6.45, 7) is 4.35. The van der Waals surface area contributed by atoms with Gasteiger partial charge in [-0.2, -0.15) is 0 Å². The highest BCUT2D eigenvalue weighted by atomic mass is 79.9. The van der Waals surface area contributed by atoms with Crippen LogP contribution >= 0.6 is 27.3 Å². The fourth-order valence-electron chi connectivity index (χ4n) is 1.87. The van der Waals surface area contributed by atoms with E-state index in [1.165, 1.54) is 10.4 Å². The summed E-state index contributed by atoms with van der Waals surface area (Å²) in [5.74, 6) is 0.532. The van der Waals surface area contributed by atoms with Crippen molar-refractivity contribution in [2.24, 2.45) is 0 Å². The summed E-state index contributed by atoms with van der Waals surface area (Å²) in [5.41, 5.74) is 2.30. The van der Waals surface area contributed by atoms with Gasteiger partial charge in [-0.3, -0.25) is 0 Å². The van der Waals surface area contributed by atoms with Crippen molar-refractivity contribution in [3.63, 3.8) is 0 Å². The zero-order valence-electron chi connectivity index (χ0n) is 10.6. The van der Waals surface area contributed by atoms with Crippen LogP contribution in [0.15, 0.2) is 40.2 Å². The Morgan fingerprint density at radius 1 is 1.06 bits per heavy atom. The van der Waals surface area contributed by atoms with Gasteiger partial charge in [-0.05, 0) is 45.1 Å². The Morgan fingerprint density at radius 2 is 1.67 bits per heavy atom. The first kappa shape index (κ1) is 13.8. The summed E-state index contributed by atoms with van der Waals surface area (Å²) in [5, 5.41) is 10.2. The van der Waals surface area contributed by atoms with Crippen molar-refractivity contribution < 1.29 is 5.11 Å². The highest BCUT2D eigenvalue weighted by molar-refractivity contribution is 9.11. The van der Waals surface area contributed by atoms with Crippen LogP contribution in [-0.4, -0.2) is 5.11 Å². The van der Waals surface area contributed by atoms with Gasteiger partial charge in [-0.1, -0.05) is 38.1 Å². The van der Waals surface area contributed by atoms with E-state index in [1.54, 1.807) is 11.3 Å². The molecule has 18 heavy (non-hydrogen) atoms. The largest absolute Gasteiger partial charge is 0.388 e. The molecule has 3 heteroatoms. The van der Waals surface area contributed by atoms with E-state index in [0.717, 1.165) is 9.35 Å². The maximum Gasteiger partial charge on any atom is 0.0838 e.